The van der Waals surface area contributed by atoms with Gasteiger partial charge in [-0.1, -0.05) is 0 Å². The summed E-state index contributed by atoms with van der Waals surface area (Å²) in [4.78, 5) is 12.0. The van der Waals surface area contributed by atoms with E-state index >= 15 is 0 Å². The number of thiazole rings is 1. The number of thiophene rings is 1. The Labute approximate surface area is 227 Å². The van der Waals surface area contributed by atoms with E-state index in [0.717, 1.165) is 49.4 Å². The molecule has 0 saturated carbocycles. The molecular weight excluding hydrogens is 500 g/mol. The summed E-state index contributed by atoms with van der Waals surface area (Å²) in [5.41, 5.74) is 3.65. The second kappa shape index (κ2) is 11.0. The van der Waals surface area contributed by atoms with Crippen molar-refractivity contribution in [1.29, 1.82) is 0 Å². The fourth-order valence-corrected chi connectivity index (χ4v) is 6.94. The molecule has 6 nitrogen and oxygen atoms in total. The summed E-state index contributed by atoms with van der Waals surface area (Å²) in [6, 6.07) is 13.2. The van der Waals surface area contributed by atoms with Gasteiger partial charge in [-0.2, -0.15) is 0 Å². The van der Waals surface area contributed by atoms with E-state index in [1.807, 2.05) is 22.9 Å². The van der Waals surface area contributed by atoms with Crippen LogP contribution in [0, 0.1) is 12.8 Å². The molecule has 1 unspecified atom stereocenters. The molecule has 1 atom stereocenters. The Hall–Kier alpha value is -2.65. The van der Waals surface area contributed by atoms with Gasteiger partial charge in [0.1, 0.15) is 6.61 Å². The van der Waals surface area contributed by atoms with Crippen LogP contribution in [0.15, 0.2) is 54.2 Å². The van der Waals surface area contributed by atoms with Crippen molar-refractivity contribution in [1.82, 2.24) is 19.4 Å². The zero-order valence-electron chi connectivity index (χ0n) is 21.6. The zero-order valence-corrected chi connectivity index (χ0v) is 23.2. The van der Waals surface area contributed by atoms with Crippen molar-refractivity contribution in [2.75, 3.05) is 39.9 Å². The molecule has 2 aliphatic heterocycles. The van der Waals surface area contributed by atoms with Crippen molar-refractivity contribution in [3.05, 3.63) is 70.3 Å². The summed E-state index contributed by atoms with van der Waals surface area (Å²) in [6.07, 6.45) is 6.43. The number of rotatable bonds is 7. The van der Waals surface area contributed by atoms with Gasteiger partial charge in [-0.25, -0.2) is 4.98 Å². The predicted molar refractivity (Wildman–Crippen MR) is 151 cm³/mol. The van der Waals surface area contributed by atoms with Crippen molar-refractivity contribution in [2.45, 2.75) is 32.9 Å². The average molecular weight is 535 g/mol. The van der Waals surface area contributed by atoms with Crippen molar-refractivity contribution in [3.8, 4) is 27.1 Å². The Morgan fingerprint density at radius 2 is 2.14 bits per heavy atom. The van der Waals surface area contributed by atoms with Crippen LogP contribution in [0.4, 0.5) is 0 Å². The van der Waals surface area contributed by atoms with Crippen LogP contribution in [0.2, 0.25) is 0 Å². The number of hydrogen-bond acceptors (Lipinski definition) is 7. The lowest BCUT2D eigenvalue weighted by molar-refractivity contribution is 0.146. The van der Waals surface area contributed by atoms with Crippen LogP contribution in [0.25, 0.3) is 15.6 Å². The molecule has 0 N–H and O–H groups in total. The Bertz CT molecular complexity index is 1330. The zero-order chi connectivity index (χ0) is 25.2. The molecule has 194 valence electrons. The number of likely N-dealkylation sites (tertiary alicyclic amines) is 1. The van der Waals surface area contributed by atoms with Crippen LogP contribution >= 0.6 is 22.7 Å². The minimum absolute atomic E-state index is 0.558. The van der Waals surface area contributed by atoms with E-state index in [1.165, 1.54) is 46.0 Å². The second-order valence-corrected chi connectivity index (χ2v) is 12.4. The molecule has 0 amide bonds. The Morgan fingerprint density at radius 1 is 1.19 bits per heavy atom. The number of piperidine rings is 1. The van der Waals surface area contributed by atoms with Gasteiger partial charge in [-0.3, -0.25) is 9.47 Å². The van der Waals surface area contributed by atoms with Crippen LogP contribution in [-0.4, -0.2) is 59.2 Å². The van der Waals surface area contributed by atoms with Gasteiger partial charge in [0.2, 0.25) is 0 Å². The van der Waals surface area contributed by atoms with Gasteiger partial charge in [0.15, 0.2) is 16.6 Å². The molecule has 1 aromatic carbocycles. The molecule has 8 heteroatoms. The molecule has 1 fully saturated rings. The van der Waals surface area contributed by atoms with Crippen LogP contribution in [0.1, 0.15) is 29.0 Å². The summed E-state index contributed by atoms with van der Waals surface area (Å²) in [5, 5.41) is 3.03. The molecular formula is C29H34N4O2S2. The van der Waals surface area contributed by atoms with E-state index in [1.54, 1.807) is 11.3 Å². The van der Waals surface area contributed by atoms with E-state index < -0.39 is 0 Å². The fourth-order valence-electron chi connectivity index (χ4n) is 5.42. The Morgan fingerprint density at radius 3 is 2.95 bits per heavy atom. The first-order chi connectivity index (χ1) is 18.1. The molecule has 3 aromatic heterocycles. The third-order valence-corrected chi connectivity index (χ3v) is 9.07. The minimum atomic E-state index is 0.558. The lowest BCUT2D eigenvalue weighted by Gasteiger charge is -2.29. The Kier molecular flexibility index (Phi) is 7.33. The average Bonchev–Trinajstić information content (AvgIpc) is 3.64. The van der Waals surface area contributed by atoms with E-state index in [2.05, 4.69) is 75.9 Å². The van der Waals surface area contributed by atoms with Gasteiger partial charge in [0.25, 0.3) is 0 Å². The maximum absolute atomic E-state index is 6.55. The smallest absolute Gasteiger partial charge is 0.193 e. The van der Waals surface area contributed by atoms with Crippen molar-refractivity contribution >= 4 is 22.7 Å². The van der Waals surface area contributed by atoms with E-state index in [4.69, 9.17) is 9.47 Å². The second-order valence-electron chi connectivity index (χ2n) is 10.2. The minimum Gasteiger partial charge on any atom is -0.489 e. The molecule has 0 bridgehead atoms. The summed E-state index contributed by atoms with van der Waals surface area (Å²) in [5.74, 6) is 2.36. The number of nitrogens with zero attached hydrogens (tertiary/aromatic N) is 4. The maximum atomic E-state index is 6.55. The highest BCUT2D eigenvalue weighted by molar-refractivity contribution is 7.15. The lowest BCUT2D eigenvalue weighted by atomic mass is 9.99. The number of ether oxygens (including phenoxy) is 2. The highest BCUT2D eigenvalue weighted by Gasteiger charge is 2.24. The van der Waals surface area contributed by atoms with Gasteiger partial charge >= 0.3 is 0 Å². The first-order valence-electron chi connectivity index (χ1n) is 13.1. The van der Waals surface area contributed by atoms with Gasteiger partial charge in [-0.15, -0.1) is 22.7 Å². The van der Waals surface area contributed by atoms with E-state index in [0.29, 0.717) is 12.5 Å². The summed E-state index contributed by atoms with van der Waals surface area (Å²) in [6.45, 7) is 8.34. The summed E-state index contributed by atoms with van der Waals surface area (Å²) < 4.78 is 15.1. The standard InChI is InChI=1S/C29H34N4O2S2/c1-21-7-8-27(37-21)23-15-24-18-32(19-25-6-4-11-33(25)29-30-9-14-36-29)12-13-34-28(24)26(16-23)35-20-22-5-3-10-31(2)17-22/h4,6-9,11,14-16,22H,3,5,10,12-13,17-20H2,1-2H3. The van der Waals surface area contributed by atoms with Gasteiger partial charge < -0.3 is 14.4 Å². The van der Waals surface area contributed by atoms with Crippen LogP contribution in [0.3, 0.4) is 0 Å². The van der Waals surface area contributed by atoms with E-state index in [9.17, 15) is 0 Å². The quantitative estimate of drug-likeness (QED) is 0.287. The molecule has 0 aliphatic carbocycles. The highest BCUT2D eigenvalue weighted by atomic mass is 32.1. The molecule has 2 aliphatic rings. The Balaban J connectivity index is 1.27. The molecule has 37 heavy (non-hydrogen) atoms. The number of fused-ring (bicyclic) bond motifs is 1. The lowest BCUT2D eigenvalue weighted by Crippen LogP contribution is -2.34. The van der Waals surface area contributed by atoms with Gasteiger partial charge in [0.05, 0.1) is 6.61 Å². The summed E-state index contributed by atoms with van der Waals surface area (Å²) >= 11 is 3.49. The number of aromatic nitrogens is 2. The summed E-state index contributed by atoms with van der Waals surface area (Å²) in [7, 11) is 2.21. The normalized spacial score (nSPS) is 18.8. The van der Waals surface area contributed by atoms with Crippen LogP contribution in [-0.2, 0) is 13.1 Å². The predicted octanol–water partition coefficient (Wildman–Crippen LogP) is 6.09. The largest absolute Gasteiger partial charge is 0.489 e. The van der Waals surface area contributed by atoms with Crippen LogP contribution < -0.4 is 9.47 Å². The fraction of sp³-hybridized carbons (Fsp3) is 0.414. The topological polar surface area (TPSA) is 42.8 Å². The maximum Gasteiger partial charge on any atom is 0.193 e. The molecule has 4 aromatic rings. The number of benzene rings is 1. The third kappa shape index (κ3) is 5.62. The van der Waals surface area contributed by atoms with Gasteiger partial charge in [0, 0.05) is 70.9 Å². The van der Waals surface area contributed by atoms with Crippen molar-refractivity contribution in [3.63, 3.8) is 0 Å². The highest BCUT2D eigenvalue weighted by Crippen LogP contribution is 2.41. The van der Waals surface area contributed by atoms with Crippen molar-refractivity contribution < 1.29 is 9.47 Å². The molecule has 5 heterocycles. The van der Waals surface area contributed by atoms with Gasteiger partial charge in [-0.05, 0) is 75.3 Å². The number of aryl methyl sites for hydroxylation is 1. The molecule has 0 radical (unpaired) electrons. The van der Waals surface area contributed by atoms with Crippen molar-refractivity contribution in [2.24, 2.45) is 5.92 Å². The SMILES string of the molecule is Cc1ccc(-c2cc3c(c(OCC4CCCN(C)C4)c2)OCCN(Cc2cccn2-c2nccs2)C3)s1. The molecule has 0 spiro atoms. The first kappa shape index (κ1) is 24.7. The van der Waals surface area contributed by atoms with Crippen LogP contribution in [0.5, 0.6) is 11.5 Å². The van der Waals surface area contributed by atoms with E-state index in [-0.39, 0.29) is 0 Å². The number of hydrogen-bond donors (Lipinski definition) is 0. The monoisotopic (exact) mass is 534 g/mol. The third-order valence-electron chi connectivity index (χ3n) is 7.25. The molecule has 1 saturated heterocycles. The molecule has 6 rings (SSSR count). The first-order valence-corrected chi connectivity index (χ1v) is 14.8.